The van der Waals surface area contributed by atoms with Crippen LogP contribution in [0.25, 0.3) is 0 Å². The average Bonchev–Trinajstić information content (AvgIpc) is 2.53. The number of rotatable bonds is 6. The van der Waals surface area contributed by atoms with Crippen LogP contribution in [0.2, 0.25) is 0 Å². The van der Waals surface area contributed by atoms with Crippen molar-refractivity contribution >= 4 is 23.2 Å². The highest BCUT2D eigenvalue weighted by molar-refractivity contribution is 6.44. The fraction of sp³-hybridized carbons (Fsp3) is 0.538. The van der Waals surface area contributed by atoms with Crippen LogP contribution in [0.5, 0.6) is 0 Å². The van der Waals surface area contributed by atoms with E-state index in [1.807, 2.05) is 30.3 Å². The first-order valence-corrected chi connectivity index (χ1v) is 6.99. The zero-order valence-electron chi connectivity index (χ0n) is 11.1. The molecule has 0 aliphatic rings. The minimum atomic E-state index is -1.67. The fourth-order valence-corrected chi connectivity index (χ4v) is 1.56. The van der Waals surface area contributed by atoms with Gasteiger partial charge in [0.15, 0.2) is 0 Å². The molecule has 0 radical (unpaired) electrons. The first-order valence-electron chi connectivity index (χ1n) is 6.12. The van der Waals surface area contributed by atoms with Crippen molar-refractivity contribution in [3.05, 3.63) is 35.9 Å². The van der Waals surface area contributed by atoms with Crippen LogP contribution in [0.4, 0.5) is 0 Å². The van der Waals surface area contributed by atoms with Gasteiger partial charge in [0.25, 0.3) is 0 Å². The van der Waals surface area contributed by atoms with Crippen molar-refractivity contribution in [2.45, 2.75) is 29.3 Å². The largest absolute Gasteiger partial charge is 0.394 e. The fourth-order valence-electron chi connectivity index (χ4n) is 1.27. The Balaban J connectivity index is 0.000000394. The van der Waals surface area contributed by atoms with Crippen molar-refractivity contribution in [1.82, 2.24) is 0 Å². The molecule has 8 heteroatoms. The van der Waals surface area contributed by atoms with E-state index in [0.29, 0.717) is 0 Å². The summed E-state index contributed by atoms with van der Waals surface area (Å²) < 4.78 is 0. The molecule has 0 fully saturated rings. The van der Waals surface area contributed by atoms with E-state index >= 15 is 0 Å². The molecule has 6 N–H and O–H groups in total. The molecule has 0 amide bonds. The monoisotopic (exact) mass is 342 g/mol. The van der Waals surface area contributed by atoms with E-state index in [1.165, 1.54) is 0 Å². The lowest BCUT2D eigenvalue weighted by Gasteiger charge is -2.24. The zero-order chi connectivity index (χ0) is 16.4. The van der Waals surface area contributed by atoms with Gasteiger partial charge >= 0.3 is 0 Å². The lowest BCUT2D eigenvalue weighted by atomic mass is 10.0. The molecule has 0 aliphatic carbocycles. The van der Waals surface area contributed by atoms with Crippen molar-refractivity contribution in [3.8, 4) is 0 Å². The Hall–Kier alpha value is -0.440. The molecule has 122 valence electrons. The second kappa shape index (κ2) is 11.2. The number of hydrogen-bond acceptors (Lipinski definition) is 6. The van der Waals surface area contributed by atoms with E-state index in [-0.39, 0.29) is 0 Å². The van der Waals surface area contributed by atoms with Gasteiger partial charge in [0.2, 0.25) is 0 Å². The number of halogens is 2. The van der Waals surface area contributed by atoms with Crippen molar-refractivity contribution in [3.63, 3.8) is 0 Å². The number of aliphatic hydroxyl groups excluding tert-OH is 6. The topological polar surface area (TPSA) is 121 Å². The summed E-state index contributed by atoms with van der Waals surface area (Å²) >= 11 is 11.1. The molecule has 1 aromatic rings. The summed E-state index contributed by atoms with van der Waals surface area (Å²) in [6, 6.07) is 9.54. The Morgan fingerprint density at radius 2 is 1.14 bits per heavy atom. The molecule has 0 spiro atoms. The summed E-state index contributed by atoms with van der Waals surface area (Å²) in [6.45, 7) is -1.45. The highest BCUT2D eigenvalue weighted by Gasteiger charge is 2.29. The lowest BCUT2D eigenvalue weighted by molar-refractivity contribution is -0.123. The minimum absolute atomic E-state index is 0.397. The smallest absolute Gasteiger partial charge is 0.132 e. The number of benzene rings is 1. The third-order valence-electron chi connectivity index (χ3n) is 2.56. The van der Waals surface area contributed by atoms with E-state index in [4.69, 9.17) is 53.8 Å². The van der Waals surface area contributed by atoms with Gasteiger partial charge in [0.1, 0.15) is 29.3 Å². The molecular weight excluding hydrogens is 323 g/mol. The van der Waals surface area contributed by atoms with Crippen LogP contribution in [0.3, 0.4) is 0 Å². The van der Waals surface area contributed by atoms with Gasteiger partial charge in [-0.15, -0.1) is 23.2 Å². The first kappa shape index (κ1) is 20.6. The highest BCUT2D eigenvalue weighted by atomic mass is 35.5. The summed E-state index contributed by atoms with van der Waals surface area (Å²) in [5, 5.41) is 52.2. The SMILES string of the molecule is ClC(Cl)c1ccccc1.OCC(O)C(O)C(O)C(O)CO. The van der Waals surface area contributed by atoms with E-state index in [9.17, 15) is 0 Å². The molecule has 1 rings (SSSR count). The Morgan fingerprint density at radius 3 is 1.38 bits per heavy atom. The molecule has 21 heavy (non-hydrogen) atoms. The molecule has 0 saturated carbocycles. The van der Waals surface area contributed by atoms with Crippen LogP contribution >= 0.6 is 23.2 Å². The van der Waals surface area contributed by atoms with Gasteiger partial charge in [-0.2, -0.15) is 0 Å². The van der Waals surface area contributed by atoms with Crippen LogP contribution in [-0.4, -0.2) is 68.3 Å². The van der Waals surface area contributed by atoms with E-state index in [0.717, 1.165) is 5.56 Å². The van der Waals surface area contributed by atoms with Crippen LogP contribution in [0, 0.1) is 0 Å². The van der Waals surface area contributed by atoms with Crippen molar-refractivity contribution in [2.75, 3.05) is 13.2 Å². The number of aliphatic hydroxyl groups is 6. The minimum Gasteiger partial charge on any atom is -0.394 e. The van der Waals surface area contributed by atoms with Crippen molar-refractivity contribution < 1.29 is 30.6 Å². The molecule has 0 aromatic heterocycles. The Morgan fingerprint density at radius 1 is 0.762 bits per heavy atom. The second-order valence-corrected chi connectivity index (χ2v) is 5.29. The predicted molar refractivity (Wildman–Crippen MR) is 79.1 cm³/mol. The molecule has 0 heterocycles. The molecule has 6 nitrogen and oxygen atoms in total. The molecule has 4 atom stereocenters. The third kappa shape index (κ3) is 7.94. The summed E-state index contributed by atoms with van der Waals surface area (Å²) in [6.07, 6.45) is -6.39. The van der Waals surface area contributed by atoms with E-state index < -0.39 is 42.5 Å². The maximum absolute atomic E-state index is 8.96. The van der Waals surface area contributed by atoms with Gasteiger partial charge in [-0.25, -0.2) is 0 Å². The van der Waals surface area contributed by atoms with E-state index in [1.54, 1.807) is 0 Å². The van der Waals surface area contributed by atoms with E-state index in [2.05, 4.69) is 0 Å². The van der Waals surface area contributed by atoms with Gasteiger partial charge in [0, 0.05) is 0 Å². The average molecular weight is 343 g/mol. The normalized spacial score (nSPS) is 16.6. The number of hydrogen-bond donors (Lipinski definition) is 6. The van der Waals surface area contributed by atoms with Gasteiger partial charge in [-0.3, -0.25) is 0 Å². The molecule has 0 bridgehead atoms. The molecule has 4 unspecified atom stereocenters. The molecular formula is C13H20Cl2O6. The van der Waals surface area contributed by atoms with Crippen LogP contribution in [0.15, 0.2) is 30.3 Å². The molecule has 1 aromatic carbocycles. The maximum Gasteiger partial charge on any atom is 0.132 e. The van der Waals surface area contributed by atoms with Gasteiger partial charge < -0.3 is 30.6 Å². The third-order valence-corrected chi connectivity index (χ3v) is 3.07. The van der Waals surface area contributed by atoms with Gasteiger partial charge in [0.05, 0.1) is 13.2 Å². The Labute approximate surface area is 132 Å². The maximum atomic E-state index is 8.96. The zero-order valence-corrected chi connectivity index (χ0v) is 12.6. The summed E-state index contributed by atoms with van der Waals surface area (Å²) in [4.78, 5) is -0.397. The summed E-state index contributed by atoms with van der Waals surface area (Å²) in [5.41, 5.74) is 0.945. The van der Waals surface area contributed by atoms with Gasteiger partial charge in [-0.05, 0) is 5.56 Å². The van der Waals surface area contributed by atoms with Crippen molar-refractivity contribution in [2.24, 2.45) is 0 Å². The second-order valence-electron chi connectivity index (χ2n) is 4.19. The predicted octanol–water partition coefficient (Wildman–Crippen LogP) is -0.423. The molecule has 0 aliphatic heterocycles. The Bertz CT molecular complexity index is 351. The van der Waals surface area contributed by atoms with Crippen LogP contribution in [-0.2, 0) is 0 Å². The molecule has 0 saturated heterocycles. The lowest BCUT2D eigenvalue weighted by Crippen LogP contribution is -2.46. The highest BCUT2D eigenvalue weighted by Crippen LogP contribution is 2.23. The summed E-state index contributed by atoms with van der Waals surface area (Å²) in [5.74, 6) is 0. The van der Waals surface area contributed by atoms with Gasteiger partial charge in [-0.1, -0.05) is 30.3 Å². The summed E-state index contributed by atoms with van der Waals surface area (Å²) in [7, 11) is 0. The first-order chi connectivity index (χ1) is 9.84. The number of alkyl halides is 2. The van der Waals surface area contributed by atoms with Crippen LogP contribution in [0.1, 0.15) is 10.4 Å². The standard InChI is InChI=1S/C7H6Cl2.C6H14O6/c8-7(9)6-4-2-1-3-5-6;7-1-3(9)5(11)6(12)4(10)2-8/h1-5,7H;3-12H,1-2H2. The quantitative estimate of drug-likeness (QED) is 0.390. The Kier molecular flexibility index (Phi) is 10.9. The van der Waals surface area contributed by atoms with Crippen molar-refractivity contribution in [1.29, 1.82) is 0 Å². The van der Waals surface area contributed by atoms with Crippen LogP contribution < -0.4 is 0 Å².